The number of carbonyl (C=O) groups excluding carboxylic acids is 3. The largest absolute Gasteiger partial charge is 0.493 e. The average molecular weight is 380 g/mol. The number of hydrogen-bond donors (Lipinski definition) is 2. The molecule has 2 N–H and O–H groups in total. The zero-order chi connectivity index (χ0) is 20.1. The first-order valence-electron chi connectivity index (χ1n) is 8.77. The summed E-state index contributed by atoms with van der Waals surface area (Å²) in [6.07, 6.45) is 1.68. The Labute approximate surface area is 162 Å². The molecule has 1 heterocycles. The van der Waals surface area contributed by atoms with Gasteiger partial charge in [0.1, 0.15) is 0 Å². The van der Waals surface area contributed by atoms with Crippen LogP contribution < -0.4 is 20.1 Å². The number of hydrogen-bond acceptors (Lipinski definition) is 5. The molecule has 144 valence electrons. The highest BCUT2D eigenvalue weighted by molar-refractivity contribution is 6.33. The number of rotatable bonds is 6. The number of ether oxygens (including phenoxy) is 2. The van der Waals surface area contributed by atoms with Crippen molar-refractivity contribution in [3.8, 4) is 11.5 Å². The van der Waals surface area contributed by atoms with Crippen LogP contribution in [0.1, 0.15) is 28.4 Å². The molecule has 7 heteroatoms. The van der Waals surface area contributed by atoms with Crippen molar-refractivity contribution >= 4 is 29.4 Å². The van der Waals surface area contributed by atoms with Crippen LogP contribution in [0.4, 0.5) is 0 Å². The predicted molar refractivity (Wildman–Crippen MR) is 104 cm³/mol. The van der Waals surface area contributed by atoms with Crippen molar-refractivity contribution in [3.05, 3.63) is 59.2 Å². The lowest BCUT2D eigenvalue weighted by Crippen LogP contribution is -2.36. The summed E-state index contributed by atoms with van der Waals surface area (Å²) in [6, 6.07) is 12.0. The first kappa shape index (κ1) is 19.2. The van der Waals surface area contributed by atoms with Crippen LogP contribution in [-0.2, 0) is 9.59 Å². The lowest BCUT2D eigenvalue weighted by Gasteiger charge is -2.18. The molecular formula is C21H20N2O5. The first-order chi connectivity index (χ1) is 13.5. The minimum atomic E-state index is -0.459. The normalized spacial score (nSPS) is 14.3. The van der Waals surface area contributed by atoms with Crippen molar-refractivity contribution in [1.82, 2.24) is 10.6 Å². The smallest absolute Gasteiger partial charge is 0.258 e. The number of carbonyl (C=O) groups is 3. The highest BCUT2D eigenvalue weighted by atomic mass is 16.5. The second kappa shape index (κ2) is 8.39. The first-order valence-corrected chi connectivity index (χ1v) is 8.77. The molecule has 0 saturated heterocycles. The lowest BCUT2D eigenvalue weighted by atomic mass is 9.93. The summed E-state index contributed by atoms with van der Waals surface area (Å²) in [5, 5.41) is 4.99. The third-order valence-corrected chi connectivity index (χ3v) is 4.16. The maximum Gasteiger partial charge on any atom is 0.258 e. The van der Waals surface area contributed by atoms with Crippen molar-refractivity contribution in [2.24, 2.45) is 0 Å². The Bertz CT molecular complexity index is 965. The summed E-state index contributed by atoms with van der Waals surface area (Å²) < 4.78 is 10.8. The molecule has 0 unspecified atom stereocenters. The number of methoxy groups -OCH3 is 1. The maximum absolute atomic E-state index is 12.3. The van der Waals surface area contributed by atoms with Crippen LogP contribution in [0.2, 0.25) is 0 Å². The Morgan fingerprint density at radius 3 is 2.54 bits per heavy atom. The van der Waals surface area contributed by atoms with Gasteiger partial charge in [-0.3, -0.25) is 19.7 Å². The van der Waals surface area contributed by atoms with E-state index in [9.17, 15) is 14.4 Å². The monoisotopic (exact) mass is 380 g/mol. The Morgan fingerprint density at radius 2 is 1.82 bits per heavy atom. The molecule has 28 heavy (non-hydrogen) atoms. The number of likely N-dealkylation sites (N-methyl/N-ethyl adjacent to an activating group) is 1. The summed E-state index contributed by atoms with van der Waals surface area (Å²) in [6.45, 7) is 2.23. The van der Waals surface area contributed by atoms with Crippen LogP contribution in [0.25, 0.3) is 11.6 Å². The Balaban J connectivity index is 1.90. The molecule has 2 aromatic rings. The summed E-state index contributed by atoms with van der Waals surface area (Å²) in [5.41, 5.74) is 2.10. The molecular weight excluding hydrogens is 360 g/mol. The second-order valence-corrected chi connectivity index (χ2v) is 6.04. The second-order valence-electron chi connectivity index (χ2n) is 6.04. The van der Waals surface area contributed by atoms with E-state index in [1.54, 1.807) is 48.5 Å². The van der Waals surface area contributed by atoms with Gasteiger partial charge in [-0.1, -0.05) is 24.3 Å². The van der Waals surface area contributed by atoms with E-state index >= 15 is 0 Å². The van der Waals surface area contributed by atoms with Gasteiger partial charge >= 0.3 is 0 Å². The zero-order valence-electron chi connectivity index (χ0n) is 15.6. The van der Waals surface area contributed by atoms with E-state index in [0.29, 0.717) is 40.3 Å². The molecule has 0 radical (unpaired) electrons. The standard InChI is InChI=1S/C21H20N2O5/c1-3-22-19(24)12-28-17-9-8-13(11-18(17)27-2)10-16-14-6-4-5-7-15(14)20(25)23-21(16)26/h4-11H,3,12H2,1-2H3,(H,22,24)(H,23,25,26). The van der Waals surface area contributed by atoms with E-state index in [1.807, 2.05) is 6.92 Å². The van der Waals surface area contributed by atoms with Crippen molar-refractivity contribution in [2.75, 3.05) is 20.3 Å². The van der Waals surface area contributed by atoms with Crippen LogP contribution in [0, 0.1) is 0 Å². The number of nitrogens with one attached hydrogen (secondary N) is 2. The molecule has 3 amide bonds. The fourth-order valence-corrected chi connectivity index (χ4v) is 2.87. The molecule has 0 spiro atoms. The summed E-state index contributed by atoms with van der Waals surface area (Å²) in [4.78, 5) is 35.9. The van der Waals surface area contributed by atoms with Crippen molar-refractivity contribution in [3.63, 3.8) is 0 Å². The summed E-state index contributed by atoms with van der Waals surface area (Å²) in [5.74, 6) is -0.252. The maximum atomic E-state index is 12.3. The van der Waals surface area contributed by atoms with Gasteiger partial charge in [-0.05, 0) is 42.3 Å². The Kier molecular flexibility index (Phi) is 5.74. The minimum absolute atomic E-state index is 0.122. The molecule has 7 nitrogen and oxygen atoms in total. The molecule has 0 aliphatic carbocycles. The van der Waals surface area contributed by atoms with Crippen LogP contribution >= 0.6 is 0 Å². The number of benzene rings is 2. The number of imide groups is 1. The lowest BCUT2D eigenvalue weighted by molar-refractivity contribution is -0.123. The fourth-order valence-electron chi connectivity index (χ4n) is 2.87. The molecule has 0 saturated carbocycles. The van der Waals surface area contributed by atoms with E-state index < -0.39 is 11.8 Å². The number of fused-ring (bicyclic) bond motifs is 1. The van der Waals surface area contributed by atoms with E-state index in [0.717, 1.165) is 0 Å². The van der Waals surface area contributed by atoms with Crippen molar-refractivity contribution in [2.45, 2.75) is 6.92 Å². The average Bonchev–Trinajstić information content (AvgIpc) is 2.70. The molecule has 2 aromatic carbocycles. The Hall–Kier alpha value is -3.61. The summed E-state index contributed by atoms with van der Waals surface area (Å²) >= 11 is 0. The van der Waals surface area contributed by atoms with Gasteiger partial charge in [0.25, 0.3) is 17.7 Å². The molecule has 0 bridgehead atoms. The van der Waals surface area contributed by atoms with Crippen LogP contribution in [0.3, 0.4) is 0 Å². The third-order valence-electron chi connectivity index (χ3n) is 4.16. The van der Waals surface area contributed by atoms with Crippen LogP contribution in [-0.4, -0.2) is 38.0 Å². The predicted octanol–water partition coefficient (Wildman–Crippen LogP) is 2.02. The summed E-state index contributed by atoms with van der Waals surface area (Å²) in [7, 11) is 1.49. The van der Waals surface area contributed by atoms with Crippen LogP contribution in [0.5, 0.6) is 11.5 Å². The highest BCUT2D eigenvalue weighted by Gasteiger charge is 2.26. The van der Waals surface area contributed by atoms with E-state index in [-0.39, 0.29) is 12.5 Å². The SMILES string of the molecule is CCNC(=O)COc1ccc(C=C2C(=O)NC(=O)c3ccccc32)cc1OC. The third kappa shape index (κ3) is 4.03. The molecule has 3 rings (SSSR count). The van der Waals surface area contributed by atoms with Gasteiger partial charge in [0.2, 0.25) is 0 Å². The molecule has 1 aliphatic heterocycles. The van der Waals surface area contributed by atoms with E-state index in [2.05, 4.69) is 10.6 Å². The highest BCUT2D eigenvalue weighted by Crippen LogP contribution is 2.31. The van der Waals surface area contributed by atoms with Crippen LogP contribution in [0.15, 0.2) is 42.5 Å². The van der Waals surface area contributed by atoms with Gasteiger partial charge in [0.05, 0.1) is 7.11 Å². The topological polar surface area (TPSA) is 93.7 Å². The minimum Gasteiger partial charge on any atom is -0.493 e. The van der Waals surface area contributed by atoms with Gasteiger partial charge in [-0.2, -0.15) is 0 Å². The van der Waals surface area contributed by atoms with Gasteiger partial charge in [-0.15, -0.1) is 0 Å². The molecule has 0 atom stereocenters. The Morgan fingerprint density at radius 1 is 1.07 bits per heavy atom. The zero-order valence-corrected chi connectivity index (χ0v) is 15.6. The van der Waals surface area contributed by atoms with Gasteiger partial charge in [-0.25, -0.2) is 0 Å². The van der Waals surface area contributed by atoms with Gasteiger partial charge in [0.15, 0.2) is 18.1 Å². The van der Waals surface area contributed by atoms with E-state index in [4.69, 9.17) is 9.47 Å². The van der Waals surface area contributed by atoms with E-state index in [1.165, 1.54) is 7.11 Å². The number of amides is 3. The molecule has 0 aromatic heterocycles. The van der Waals surface area contributed by atoms with Crippen molar-refractivity contribution < 1.29 is 23.9 Å². The fraction of sp³-hybridized carbons (Fsp3) is 0.190. The molecule has 0 fully saturated rings. The molecule has 1 aliphatic rings. The van der Waals surface area contributed by atoms with Gasteiger partial charge < -0.3 is 14.8 Å². The quantitative estimate of drug-likeness (QED) is 0.591. The van der Waals surface area contributed by atoms with Gasteiger partial charge in [0, 0.05) is 17.7 Å². The van der Waals surface area contributed by atoms with Crippen molar-refractivity contribution in [1.29, 1.82) is 0 Å².